The van der Waals surface area contributed by atoms with Crippen molar-refractivity contribution in [3.8, 4) is 0 Å². The number of hydrogen-bond acceptors (Lipinski definition) is 4. The van der Waals surface area contributed by atoms with Crippen LogP contribution in [-0.4, -0.2) is 20.0 Å². The molecule has 30 heavy (non-hydrogen) atoms. The Morgan fingerprint density at radius 1 is 0.967 bits per heavy atom. The molecule has 0 spiro atoms. The number of anilines is 1. The number of hydrogen-bond donors (Lipinski definition) is 2. The summed E-state index contributed by atoms with van der Waals surface area (Å²) in [5.41, 5.74) is 3.80. The maximum absolute atomic E-state index is 13.0. The van der Waals surface area contributed by atoms with Gasteiger partial charge in [0.15, 0.2) is 0 Å². The minimum atomic E-state index is -3.96. The van der Waals surface area contributed by atoms with Crippen LogP contribution in [0.25, 0.3) is 0 Å². The first-order valence-corrected chi connectivity index (χ1v) is 10.6. The van der Waals surface area contributed by atoms with Gasteiger partial charge in [-0.3, -0.25) is 9.52 Å². The predicted molar refractivity (Wildman–Crippen MR) is 115 cm³/mol. The van der Waals surface area contributed by atoms with E-state index in [0.717, 1.165) is 0 Å². The van der Waals surface area contributed by atoms with Crippen molar-refractivity contribution in [3.05, 3.63) is 94.8 Å². The van der Waals surface area contributed by atoms with E-state index >= 15 is 0 Å². The van der Waals surface area contributed by atoms with E-state index in [4.69, 9.17) is 11.6 Å². The van der Waals surface area contributed by atoms with Crippen LogP contribution < -0.4 is 10.1 Å². The molecule has 0 atom stereocenters. The highest BCUT2D eigenvalue weighted by molar-refractivity contribution is 7.92. The van der Waals surface area contributed by atoms with Crippen molar-refractivity contribution < 1.29 is 17.6 Å². The van der Waals surface area contributed by atoms with Crippen molar-refractivity contribution >= 4 is 38.9 Å². The Bertz CT molecular complexity index is 1210. The molecule has 0 bridgehead atoms. The fraction of sp³-hybridized carbons (Fsp3) is 0.0476. The number of nitrogens with one attached hydrogen (secondary N) is 2. The Labute approximate surface area is 178 Å². The lowest BCUT2D eigenvalue weighted by Gasteiger charge is -2.10. The second-order valence-electron chi connectivity index (χ2n) is 6.26. The fourth-order valence-electron chi connectivity index (χ4n) is 2.51. The predicted octanol–water partition coefficient (Wildman–Crippen LogP) is 4.43. The lowest BCUT2D eigenvalue weighted by molar-refractivity contribution is 0.0954. The third-order valence-corrected chi connectivity index (χ3v) is 5.80. The molecule has 0 aliphatic heterocycles. The van der Waals surface area contributed by atoms with Crippen LogP contribution in [0.15, 0.2) is 82.8 Å². The zero-order valence-electron chi connectivity index (χ0n) is 15.8. The van der Waals surface area contributed by atoms with Crippen molar-refractivity contribution in [2.45, 2.75) is 11.8 Å². The van der Waals surface area contributed by atoms with Gasteiger partial charge in [0.2, 0.25) is 0 Å². The average Bonchev–Trinajstić information content (AvgIpc) is 2.74. The largest absolute Gasteiger partial charge is 0.278 e. The number of carbonyl (C=O) groups is 1. The lowest BCUT2D eigenvalue weighted by atomic mass is 10.1. The fourth-order valence-corrected chi connectivity index (χ4v) is 3.87. The molecule has 0 radical (unpaired) electrons. The van der Waals surface area contributed by atoms with Crippen LogP contribution in [0.3, 0.4) is 0 Å². The van der Waals surface area contributed by atoms with Crippen LogP contribution in [0, 0.1) is 5.82 Å². The first-order valence-electron chi connectivity index (χ1n) is 8.74. The van der Waals surface area contributed by atoms with Crippen LogP contribution in [0.1, 0.15) is 22.8 Å². The Morgan fingerprint density at radius 3 is 2.37 bits per heavy atom. The number of amides is 1. The molecular weight excluding hydrogens is 429 g/mol. The van der Waals surface area contributed by atoms with Gasteiger partial charge in [-0.2, -0.15) is 5.10 Å². The van der Waals surface area contributed by atoms with E-state index in [9.17, 15) is 17.6 Å². The Kier molecular flexibility index (Phi) is 6.49. The van der Waals surface area contributed by atoms with Crippen LogP contribution in [0.5, 0.6) is 0 Å². The standard InChI is InChI=1S/C21H17ClFN3O3S/c1-14(15-9-11-17(23)12-10-15)24-25-21(27)16-5-4-6-18(13-16)30(28,29)26-20-8-3-2-7-19(20)22/h2-13,26H,1H3,(H,25,27)/b24-14+. The molecule has 0 saturated heterocycles. The first kappa shape index (κ1) is 21.5. The number of sulfonamides is 1. The summed E-state index contributed by atoms with van der Waals surface area (Å²) in [5, 5.41) is 4.23. The molecule has 9 heteroatoms. The third kappa shape index (κ3) is 5.22. The highest BCUT2D eigenvalue weighted by atomic mass is 35.5. The van der Waals surface area contributed by atoms with Crippen LogP contribution >= 0.6 is 11.6 Å². The minimum Gasteiger partial charge on any atom is -0.278 e. The maximum Gasteiger partial charge on any atom is 0.271 e. The molecule has 0 fully saturated rings. The quantitative estimate of drug-likeness (QED) is 0.434. The van der Waals surface area contributed by atoms with Gasteiger partial charge in [0.05, 0.1) is 21.3 Å². The number of rotatable bonds is 6. The number of benzene rings is 3. The molecule has 0 heterocycles. The Balaban J connectivity index is 1.77. The summed E-state index contributed by atoms with van der Waals surface area (Å²) in [7, 11) is -3.96. The molecule has 0 saturated carbocycles. The first-order chi connectivity index (χ1) is 14.3. The summed E-state index contributed by atoms with van der Waals surface area (Å²) >= 11 is 6.00. The third-order valence-electron chi connectivity index (χ3n) is 4.11. The van der Waals surface area contributed by atoms with Gasteiger partial charge < -0.3 is 0 Å². The molecule has 1 amide bonds. The zero-order valence-corrected chi connectivity index (χ0v) is 17.3. The van der Waals surface area contributed by atoms with Crippen LogP contribution in [0.4, 0.5) is 10.1 Å². The summed E-state index contributed by atoms with van der Waals surface area (Å²) in [6.07, 6.45) is 0. The summed E-state index contributed by atoms with van der Waals surface area (Å²) < 4.78 is 40.7. The van der Waals surface area contributed by atoms with Crippen molar-refractivity contribution in [2.75, 3.05) is 4.72 Å². The van der Waals surface area contributed by atoms with E-state index in [1.165, 1.54) is 54.6 Å². The van der Waals surface area contributed by atoms with Crippen LogP contribution in [0.2, 0.25) is 5.02 Å². The lowest BCUT2D eigenvalue weighted by Crippen LogP contribution is -2.20. The van der Waals surface area contributed by atoms with E-state index in [2.05, 4.69) is 15.2 Å². The zero-order chi connectivity index (χ0) is 21.7. The van der Waals surface area contributed by atoms with E-state index in [0.29, 0.717) is 11.3 Å². The van der Waals surface area contributed by atoms with E-state index in [-0.39, 0.29) is 27.0 Å². The number of nitrogens with zero attached hydrogens (tertiary/aromatic N) is 1. The molecule has 3 aromatic carbocycles. The topological polar surface area (TPSA) is 87.6 Å². The average molecular weight is 446 g/mol. The molecule has 0 aliphatic rings. The number of para-hydroxylation sites is 1. The molecule has 0 aromatic heterocycles. The van der Waals surface area contributed by atoms with Crippen molar-refractivity contribution in [1.82, 2.24) is 5.43 Å². The highest BCUT2D eigenvalue weighted by Gasteiger charge is 2.17. The molecule has 3 rings (SSSR count). The van der Waals surface area contributed by atoms with Crippen molar-refractivity contribution in [2.24, 2.45) is 5.10 Å². The SMILES string of the molecule is C/C(=N\NC(=O)c1cccc(S(=O)(=O)Nc2ccccc2Cl)c1)c1ccc(F)cc1. The molecule has 0 unspecified atom stereocenters. The van der Waals surface area contributed by atoms with Crippen molar-refractivity contribution in [3.63, 3.8) is 0 Å². The van der Waals surface area contributed by atoms with Gasteiger partial charge in [-0.1, -0.05) is 41.9 Å². The summed E-state index contributed by atoms with van der Waals surface area (Å²) in [5.74, 6) is -0.967. The Hall–Kier alpha value is -3.23. The van der Waals surface area contributed by atoms with Gasteiger partial charge in [0, 0.05) is 5.56 Å². The molecule has 2 N–H and O–H groups in total. The molecular formula is C21H17ClFN3O3S. The van der Waals surface area contributed by atoms with E-state index in [1.807, 2.05) is 0 Å². The molecule has 154 valence electrons. The van der Waals surface area contributed by atoms with Gasteiger partial charge in [0.1, 0.15) is 5.82 Å². The number of halogens is 2. The van der Waals surface area contributed by atoms with E-state index < -0.39 is 15.9 Å². The minimum absolute atomic E-state index is 0.102. The van der Waals surface area contributed by atoms with E-state index in [1.54, 1.807) is 25.1 Å². The maximum atomic E-state index is 13.0. The summed E-state index contributed by atoms with van der Waals surface area (Å²) in [4.78, 5) is 12.3. The Morgan fingerprint density at radius 2 is 1.67 bits per heavy atom. The van der Waals surface area contributed by atoms with Gasteiger partial charge in [-0.25, -0.2) is 18.2 Å². The highest BCUT2D eigenvalue weighted by Crippen LogP contribution is 2.24. The molecule has 3 aromatic rings. The van der Waals surface area contributed by atoms with Gasteiger partial charge >= 0.3 is 0 Å². The monoisotopic (exact) mass is 445 g/mol. The van der Waals surface area contributed by atoms with Crippen molar-refractivity contribution in [1.29, 1.82) is 0 Å². The van der Waals surface area contributed by atoms with Gasteiger partial charge in [-0.15, -0.1) is 0 Å². The summed E-state index contributed by atoms with van der Waals surface area (Å²) in [6, 6.07) is 17.6. The second-order valence-corrected chi connectivity index (χ2v) is 8.35. The molecule has 6 nitrogen and oxygen atoms in total. The van der Waals surface area contributed by atoms with Gasteiger partial charge in [-0.05, 0) is 55.0 Å². The van der Waals surface area contributed by atoms with Gasteiger partial charge in [0.25, 0.3) is 15.9 Å². The number of carbonyl (C=O) groups excluding carboxylic acids is 1. The number of hydrazone groups is 1. The second kappa shape index (κ2) is 9.06. The molecule has 0 aliphatic carbocycles. The smallest absolute Gasteiger partial charge is 0.271 e. The van der Waals surface area contributed by atoms with Crippen LogP contribution in [-0.2, 0) is 10.0 Å². The normalized spacial score (nSPS) is 11.8. The summed E-state index contributed by atoms with van der Waals surface area (Å²) in [6.45, 7) is 1.65.